The smallest absolute Gasteiger partial charge is 0.119 e. The fourth-order valence-corrected chi connectivity index (χ4v) is 3.03. The Morgan fingerprint density at radius 1 is 1.37 bits per heavy atom. The van der Waals surface area contributed by atoms with Crippen molar-refractivity contribution in [3.8, 4) is 5.75 Å². The van der Waals surface area contributed by atoms with E-state index in [0.29, 0.717) is 12.0 Å². The van der Waals surface area contributed by atoms with Gasteiger partial charge in [0.2, 0.25) is 0 Å². The molecule has 3 rings (SSSR count). The van der Waals surface area contributed by atoms with Crippen LogP contribution in [0.5, 0.6) is 5.75 Å². The maximum Gasteiger partial charge on any atom is 0.119 e. The van der Waals surface area contributed by atoms with Gasteiger partial charge in [0, 0.05) is 19.2 Å². The minimum atomic E-state index is 0.691. The monoisotopic (exact) mass is 261 g/mol. The van der Waals surface area contributed by atoms with Gasteiger partial charge in [-0.1, -0.05) is 12.1 Å². The van der Waals surface area contributed by atoms with E-state index in [0.717, 1.165) is 31.4 Å². The van der Waals surface area contributed by atoms with Crippen LogP contribution in [-0.2, 0) is 4.74 Å². The zero-order valence-electron chi connectivity index (χ0n) is 11.6. The first-order valence-corrected chi connectivity index (χ1v) is 7.30. The van der Waals surface area contributed by atoms with E-state index in [1.807, 2.05) is 6.07 Å². The molecule has 19 heavy (non-hydrogen) atoms. The zero-order valence-corrected chi connectivity index (χ0v) is 11.6. The standard InChI is InChI=1S/C16H23NO2/c1-18-16-4-2-3-13(9-16)14-7-15(8-14)17-10-12-5-6-19-11-12/h2-4,9,12,14-15,17H,5-8,10-11H2,1H3. The number of ether oxygens (including phenoxy) is 2. The van der Waals surface area contributed by atoms with Crippen molar-refractivity contribution >= 4 is 0 Å². The highest BCUT2D eigenvalue weighted by Crippen LogP contribution is 2.38. The topological polar surface area (TPSA) is 30.5 Å². The Bertz CT molecular complexity index is 409. The lowest BCUT2D eigenvalue weighted by Gasteiger charge is -2.37. The summed E-state index contributed by atoms with van der Waals surface area (Å²) in [6.07, 6.45) is 3.72. The molecule has 104 valence electrons. The highest BCUT2D eigenvalue weighted by molar-refractivity contribution is 5.32. The van der Waals surface area contributed by atoms with Gasteiger partial charge in [0.25, 0.3) is 0 Å². The van der Waals surface area contributed by atoms with E-state index < -0.39 is 0 Å². The average Bonchev–Trinajstić information content (AvgIpc) is 2.90. The number of hydrogen-bond donors (Lipinski definition) is 1. The summed E-state index contributed by atoms with van der Waals surface area (Å²) in [5.74, 6) is 2.40. The van der Waals surface area contributed by atoms with Crippen LogP contribution in [0.25, 0.3) is 0 Å². The molecular formula is C16H23NO2. The van der Waals surface area contributed by atoms with Crippen LogP contribution < -0.4 is 10.1 Å². The summed E-state index contributed by atoms with van der Waals surface area (Å²) in [6.45, 7) is 3.01. The number of benzene rings is 1. The predicted molar refractivity (Wildman–Crippen MR) is 75.7 cm³/mol. The van der Waals surface area contributed by atoms with Crippen molar-refractivity contribution in [2.45, 2.75) is 31.2 Å². The zero-order chi connectivity index (χ0) is 13.1. The number of methoxy groups -OCH3 is 1. The second-order valence-corrected chi connectivity index (χ2v) is 5.78. The van der Waals surface area contributed by atoms with Gasteiger partial charge >= 0.3 is 0 Å². The summed E-state index contributed by atoms with van der Waals surface area (Å²) >= 11 is 0. The van der Waals surface area contributed by atoms with E-state index in [1.165, 1.54) is 24.8 Å². The molecule has 0 bridgehead atoms. The number of nitrogens with one attached hydrogen (secondary N) is 1. The molecule has 3 heteroatoms. The molecule has 1 unspecified atom stereocenters. The second-order valence-electron chi connectivity index (χ2n) is 5.78. The molecule has 1 aliphatic carbocycles. The van der Waals surface area contributed by atoms with Crippen molar-refractivity contribution < 1.29 is 9.47 Å². The van der Waals surface area contributed by atoms with Gasteiger partial charge in [-0.3, -0.25) is 0 Å². The number of hydrogen-bond acceptors (Lipinski definition) is 3. The molecular weight excluding hydrogens is 238 g/mol. The third-order valence-corrected chi connectivity index (χ3v) is 4.42. The Hall–Kier alpha value is -1.06. The Balaban J connectivity index is 1.44. The lowest BCUT2D eigenvalue weighted by Crippen LogP contribution is -2.42. The molecule has 0 radical (unpaired) electrons. The van der Waals surface area contributed by atoms with Crippen molar-refractivity contribution in [1.29, 1.82) is 0 Å². The second kappa shape index (κ2) is 5.93. The van der Waals surface area contributed by atoms with E-state index in [9.17, 15) is 0 Å². The molecule has 0 aromatic heterocycles. The molecule has 0 spiro atoms. The first-order valence-electron chi connectivity index (χ1n) is 7.30. The summed E-state index contributed by atoms with van der Waals surface area (Å²) in [6, 6.07) is 9.18. The Labute approximate surface area is 115 Å². The molecule has 1 aromatic carbocycles. The highest BCUT2D eigenvalue weighted by Gasteiger charge is 2.30. The molecule has 1 aromatic rings. The van der Waals surface area contributed by atoms with E-state index >= 15 is 0 Å². The molecule has 0 amide bonds. The molecule has 3 nitrogen and oxygen atoms in total. The highest BCUT2D eigenvalue weighted by atomic mass is 16.5. The quantitative estimate of drug-likeness (QED) is 0.883. The first kappa shape index (κ1) is 12.9. The van der Waals surface area contributed by atoms with E-state index in [2.05, 4.69) is 23.5 Å². The van der Waals surface area contributed by atoms with Crippen molar-refractivity contribution in [2.24, 2.45) is 5.92 Å². The van der Waals surface area contributed by atoms with Gasteiger partial charge in [0.1, 0.15) is 5.75 Å². The third kappa shape index (κ3) is 3.10. The Morgan fingerprint density at radius 2 is 2.26 bits per heavy atom. The van der Waals surface area contributed by atoms with Gasteiger partial charge in [0.15, 0.2) is 0 Å². The average molecular weight is 261 g/mol. The van der Waals surface area contributed by atoms with Crippen LogP contribution in [0, 0.1) is 5.92 Å². The fraction of sp³-hybridized carbons (Fsp3) is 0.625. The van der Waals surface area contributed by atoms with Crippen molar-refractivity contribution in [1.82, 2.24) is 5.32 Å². The van der Waals surface area contributed by atoms with Crippen LogP contribution >= 0.6 is 0 Å². The summed E-state index contributed by atoms with van der Waals surface area (Å²) in [4.78, 5) is 0. The largest absolute Gasteiger partial charge is 0.497 e. The van der Waals surface area contributed by atoms with Crippen LogP contribution in [0.2, 0.25) is 0 Å². The fourth-order valence-electron chi connectivity index (χ4n) is 3.03. The lowest BCUT2D eigenvalue weighted by atomic mass is 9.75. The SMILES string of the molecule is COc1cccc(C2CC(NCC3CCOC3)C2)c1. The molecule has 1 N–H and O–H groups in total. The summed E-state index contributed by atoms with van der Waals surface area (Å²) in [5.41, 5.74) is 1.42. The van der Waals surface area contributed by atoms with Crippen LogP contribution in [0.3, 0.4) is 0 Å². The molecule has 2 aliphatic rings. The van der Waals surface area contributed by atoms with Crippen molar-refractivity contribution in [3.05, 3.63) is 29.8 Å². The predicted octanol–water partition coefficient (Wildman–Crippen LogP) is 2.57. The minimum absolute atomic E-state index is 0.691. The van der Waals surface area contributed by atoms with Crippen molar-refractivity contribution in [3.63, 3.8) is 0 Å². The van der Waals surface area contributed by atoms with Gasteiger partial charge in [-0.05, 0) is 48.8 Å². The molecule has 2 fully saturated rings. The van der Waals surface area contributed by atoms with Crippen LogP contribution in [0.15, 0.2) is 24.3 Å². The molecule has 1 aliphatic heterocycles. The lowest BCUT2D eigenvalue weighted by molar-refractivity contribution is 0.182. The van der Waals surface area contributed by atoms with Crippen LogP contribution in [0.4, 0.5) is 0 Å². The normalized spacial score (nSPS) is 30.1. The number of rotatable bonds is 5. The third-order valence-electron chi connectivity index (χ3n) is 4.42. The van der Waals surface area contributed by atoms with Gasteiger partial charge in [-0.25, -0.2) is 0 Å². The van der Waals surface area contributed by atoms with Gasteiger partial charge in [-0.2, -0.15) is 0 Å². The van der Waals surface area contributed by atoms with Crippen LogP contribution in [-0.4, -0.2) is 32.9 Å². The first-order chi connectivity index (χ1) is 9.35. The van der Waals surface area contributed by atoms with E-state index in [-0.39, 0.29) is 0 Å². The summed E-state index contributed by atoms with van der Waals surface area (Å²) in [7, 11) is 1.73. The maximum atomic E-state index is 5.40. The van der Waals surface area contributed by atoms with E-state index in [4.69, 9.17) is 9.47 Å². The summed E-state index contributed by atoms with van der Waals surface area (Å²) < 4.78 is 10.7. The van der Waals surface area contributed by atoms with Gasteiger partial charge in [0.05, 0.1) is 13.7 Å². The van der Waals surface area contributed by atoms with Crippen LogP contribution in [0.1, 0.15) is 30.7 Å². The van der Waals surface area contributed by atoms with Gasteiger partial charge < -0.3 is 14.8 Å². The molecule has 1 saturated heterocycles. The van der Waals surface area contributed by atoms with E-state index in [1.54, 1.807) is 7.11 Å². The molecule has 1 saturated carbocycles. The molecule has 1 heterocycles. The van der Waals surface area contributed by atoms with Crippen molar-refractivity contribution in [2.75, 3.05) is 26.9 Å². The minimum Gasteiger partial charge on any atom is -0.497 e. The maximum absolute atomic E-state index is 5.40. The summed E-state index contributed by atoms with van der Waals surface area (Å²) in [5, 5.41) is 3.68. The molecule has 1 atom stereocenters. The van der Waals surface area contributed by atoms with Gasteiger partial charge in [-0.15, -0.1) is 0 Å². The Kier molecular flexibility index (Phi) is 4.04. The Morgan fingerprint density at radius 3 is 3.00 bits per heavy atom.